The highest BCUT2D eigenvalue weighted by molar-refractivity contribution is 6.14. The molecule has 0 saturated heterocycles. The van der Waals surface area contributed by atoms with Crippen molar-refractivity contribution in [2.75, 3.05) is 0 Å². The fourth-order valence-corrected chi connectivity index (χ4v) is 8.04. The second-order valence-corrected chi connectivity index (χ2v) is 12.6. The maximum absolute atomic E-state index is 2.44. The first-order valence-corrected chi connectivity index (χ1v) is 16.3. The smallest absolute Gasteiger partial charge is 0.0544 e. The summed E-state index contributed by atoms with van der Waals surface area (Å²) < 4.78 is 4.81. The summed E-state index contributed by atoms with van der Waals surface area (Å²) in [4.78, 5) is 0. The van der Waals surface area contributed by atoms with Crippen LogP contribution in [0.15, 0.2) is 164 Å². The van der Waals surface area contributed by atoms with Crippen LogP contribution in [0.4, 0.5) is 0 Å². The Balaban J connectivity index is 1.07. The molecule has 2 heteroatoms. The van der Waals surface area contributed by atoms with Gasteiger partial charge in [-0.15, -0.1) is 0 Å². The van der Waals surface area contributed by atoms with Crippen LogP contribution in [0.25, 0.3) is 88.6 Å². The molecule has 0 fully saturated rings. The molecule has 10 rings (SSSR count). The summed E-state index contributed by atoms with van der Waals surface area (Å²) in [6.45, 7) is 2.27. The Kier molecular flexibility index (Phi) is 5.53. The van der Waals surface area contributed by atoms with Gasteiger partial charge in [0.2, 0.25) is 0 Å². The number of aromatic nitrogens is 2. The molecular weight excluding hydrogens is 569 g/mol. The third-order valence-corrected chi connectivity index (χ3v) is 10.1. The maximum atomic E-state index is 2.44. The van der Waals surface area contributed by atoms with Crippen LogP contribution in [0.5, 0.6) is 0 Å². The lowest BCUT2D eigenvalue weighted by Gasteiger charge is -2.14. The molecule has 220 valence electrons. The van der Waals surface area contributed by atoms with E-state index in [9.17, 15) is 0 Å². The molecule has 0 amide bonds. The monoisotopic (exact) mass is 598 g/mol. The zero-order valence-corrected chi connectivity index (χ0v) is 26.0. The zero-order valence-electron chi connectivity index (χ0n) is 26.0. The van der Waals surface area contributed by atoms with Gasteiger partial charge in [-0.25, -0.2) is 0 Å². The molecule has 0 radical (unpaired) electrons. The second kappa shape index (κ2) is 9.94. The molecule has 2 aromatic heterocycles. The number of benzene rings is 7. The number of hydrogen-bond donors (Lipinski definition) is 0. The predicted molar refractivity (Wildman–Crippen MR) is 198 cm³/mol. The van der Waals surface area contributed by atoms with E-state index in [1.165, 1.54) is 94.3 Å². The lowest BCUT2D eigenvalue weighted by atomic mass is 9.94. The van der Waals surface area contributed by atoms with Crippen LogP contribution in [-0.2, 0) is 0 Å². The van der Waals surface area contributed by atoms with Gasteiger partial charge in [-0.2, -0.15) is 0 Å². The van der Waals surface area contributed by atoms with Crippen LogP contribution in [0.3, 0.4) is 0 Å². The molecule has 1 aliphatic carbocycles. The first kappa shape index (κ1) is 26.1. The fourth-order valence-electron chi connectivity index (χ4n) is 8.04. The average molecular weight is 599 g/mol. The standard InChI is InChI=1S/C45H30N2/c1-29-44-39-16-5-4-12-35(39)34-11-2-3-13-36(34)40-17-10-20-43(45(40)44)46(29)32-25-21-30(22-26-32)31-23-27-33(28-24-31)47-41-18-8-6-14-37(41)38-15-7-9-19-42(38)47/h2-28H,1H3. The van der Waals surface area contributed by atoms with Gasteiger partial charge in [0.25, 0.3) is 0 Å². The number of fused-ring (bicyclic) bond motifs is 8. The molecule has 9 aromatic rings. The van der Waals surface area contributed by atoms with Crippen molar-refractivity contribution in [2.24, 2.45) is 0 Å². The molecule has 7 aromatic carbocycles. The van der Waals surface area contributed by atoms with Crippen molar-refractivity contribution in [3.8, 4) is 55.9 Å². The Labute approximate surface area is 273 Å². The number of para-hydroxylation sites is 2. The van der Waals surface area contributed by atoms with E-state index in [0.29, 0.717) is 0 Å². The Hall–Kier alpha value is -6.12. The van der Waals surface area contributed by atoms with Crippen molar-refractivity contribution in [1.29, 1.82) is 0 Å². The Morgan fingerprint density at radius 3 is 1.36 bits per heavy atom. The van der Waals surface area contributed by atoms with Crippen molar-refractivity contribution in [3.05, 3.63) is 169 Å². The molecule has 0 unspecified atom stereocenters. The normalized spacial score (nSPS) is 11.9. The van der Waals surface area contributed by atoms with Crippen LogP contribution < -0.4 is 0 Å². The summed E-state index contributed by atoms with van der Waals surface area (Å²) in [6.07, 6.45) is 0. The predicted octanol–water partition coefficient (Wildman–Crippen LogP) is 12.0. The summed E-state index contributed by atoms with van der Waals surface area (Å²) in [7, 11) is 0. The third-order valence-electron chi connectivity index (χ3n) is 10.1. The van der Waals surface area contributed by atoms with E-state index < -0.39 is 0 Å². The summed E-state index contributed by atoms with van der Waals surface area (Å²) in [6, 6.07) is 59.8. The molecule has 1 aliphatic rings. The van der Waals surface area contributed by atoms with Crippen molar-refractivity contribution < 1.29 is 0 Å². The van der Waals surface area contributed by atoms with E-state index in [4.69, 9.17) is 0 Å². The molecule has 2 heterocycles. The van der Waals surface area contributed by atoms with Gasteiger partial charge in [0.1, 0.15) is 0 Å². The van der Waals surface area contributed by atoms with E-state index in [2.05, 4.69) is 180 Å². The minimum Gasteiger partial charge on any atom is -0.313 e. The van der Waals surface area contributed by atoms with Crippen molar-refractivity contribution >= 4 is 32.7 Å². The molecule has 0 aliphatic heterocycles. The first-order chi connectivity index (χ1) is 23.3. The maximum Gasteiger partial charge on any atom is 0.0544 e. The summed E-state index contributed by atoms with van der Waals surface area (Å²) in [5.41, 5.74) is 17.5. The SMILES string of the molecule is Cc1c2c3c(cccc3n1-c1ccc(-c3ccc(-n4c5ccccc5c5ccccc54)cc3)cc1)-c1ccccc1-c1ccccc1-2. The summed E-state index contributed by atoms with van der Waals surface area (Å²) in [5.74, 6) is 0. The lowest BCUT2D eigenvalue weighted by molar-refractivity contribution is 1.06. The third kappa shape index (κ3) is 3.73. The summed E-state index contributed by atoms with van der Waals surface area (Å²) in [5, 5.41) is 3.89. The molecule has 0 spiro atoms. The van der Waals surface area contributed by atoms with Gasteiger partial charge in [0.15, 0.2) is 0 Å². The van der Waals surface area contributed by atoms with Gasteiger partial charge in [-0.1, -0.05) is 121 Å². The minimum atomic E-state index is 1.17. The largest absolute Gasteiger partial charge is 0.313 e. The van der Waals surface area contributed by atoms with Crippen molar-refractivity contribution in [1.82, 2.24) is 9.13 Å². The number of nitrogens with zero attached hydrogens (tertiary/aromatic N) is 2. The van der Waals surface area contributed by atoms with Gasteiger partial charge in [0, 0.05) is 38.8 Å². The van der Waals surface area contributed by atoms with Crippen LogP contribution in [0.1, 0.15) is 5.69 Å². The van der Waals surface area contributed by atoms with Crippen molar-refractivity contribution in [2.45, 2.75) is 6.92 Å². The highest BCUT2D eigenvalue weighted by Gasteiger charge is 2.26. The Bertz CT molecular complexity index is 2610. The summed E-state index contributed by atoms with van der Waals surface area (Å²) >= 11 is 0. The molecule has 47 heavy (non-hydrogen) atoms. The van der Waals surface area contributed by atoms with Crippen LogP contribution in [-0.4, -0.2) is 9.13 Å². The van der Waals surface area contributed by atoms with E-state index in [1.807, 2.05) is 0 Å². The van der Waals surface area contributed by atoms with Crippen LogP contribution in [0.2, 0.25) is 0 Å². The number of hydrogen-bond acceptors (Lipinski definition) is 0. The van der Waals surface area contributed by atoms with Crippen LogP contribution in [0, 0.1) is 6.92 Å². The quantitative estimate of drug-likeness (QED) is 0.191. The average Bonchev–Trinajstić information content (AvgIpc) is 3.58. The topological polar surface area (TPSA) is 9.86 Å². The second-order valence-electron chi connectivity index (χ2n) is 12.6. The highest BCUT2D eigenvalue weighted by atomic mass is 15.0. The van der Waals surface area contributed by atoms with E-state index in [0.717, 1.165) is 0 Å². The van der Waals surface area contributed by atoms with E-state index in [1.54, 1.807) is 0 Å². The fraction of sp³-hybridized carbons (Fsp3) is 0.0222. The van der Waals surface area contributed by atoms with Gasteiger partial charge < -0.3 is 9.13 Å². The lowest BCUT2D eigenvalue weighted by Crippen LogP contribution is -1.97. The molecule has 0 bridgehead atoms. The minimum absolute atomic E-state index is 1.17. The molecule has 0 saturated carbocycles. The molecule has 2 nitrogen and oxygen atoms in total. The Morgan fingerprint density at radius 1 is 0.340 bits per heavy atom. The van der Waals surface area contributed by atoms with Gasteiger partial charge in [-0.05, 0) is 88.3 Å². The van der Waals surface area contributed by atoms with Crippen LogP contribution >= 0.6 is 0 Å². The van der Waals surface area contributed by atoms with Gasteiger partial charge in [0.05, 0.1) is 16.6 Å². The molecule has 0 N–H and O–H groups in total. The van der Waals surface area contributed by atoms with Gasteiger partial charge in [-0.3, -0.25) is 0 Å². The molecule has 0 atom stereocenters. The van der Waals surface area contributed by atoms with Gasteiger partial charge >= 0.3 is 0 Å². The first-order valence-electron chi connectivity index (χ1n) is 16.3. The number of rotatable bonds is 3. The zero-order chi connectivity index (χ0) is 31.1. The van der Waals surface area contributed by atoms with Crippen molar-refractivity contribution in [3.63, 3.8) is 0 Å². The molecular formula is C45H30N2. The van der Waals surface area contributed by atoms with E-state index >= 15 is 0 Å². The Morgan fingerprint density at radius 2 is 0.766 bits per heavy atom. The highest BCUT2D eigenvalue weighted by Crippen LogP contribution is 2.50. The van der Waals surface area contributed by atoms with E-state index in [-0.39, 0.29) is 0 Å².